The Morgan fingerprint density at radius 2 is 2.18 bits per heavy atom. The highest BCUT2D eigenvalue weighted by Crippen LogP contribution is 2.05. The van der Waals surface area contributed by atoms with Crippen molar-refractivity contribution in [2.75, 3.05) is 5.73 Å². The molecule has 0 saturated carbocycles. The summed E-state index contributed by atoms with van der Waals surface area (Å²) in [5, 5.41) is 0. The molecule has 5 heteroatoms. The molecule has 2 heterocycles. The van der Waals surface area contributed by atoms with Gasteiger partial charge < -0.3 is 5.73 Å². The fourth-order valence-electron chi connectivity index (χ4n) is 0.959. The summed E-state index contributed by atoms with van der Waals surface area (Å²) in [7, 11) is 0. The van der Waals surface area contributed by atoms with Crippen LogP contribution < -0.4 is 5.73 Å². The molecule has 0 radical (unpaired) electrons. The molecule has 0 aliphatic heterocycles. The third-order valence-electron chi connectivity index (χ3n) is 1.54. The Balaban J connectivity index is 2.94. The Bertz CT molecular complexity index is 391. The molecule has 5 nitrogen and oxygen atoms in total. The van der Waals surface area contributed by atoms with Crippen LogP contribution in [-0.4, -0.2) is 19.4 Å². The second-order valence-corrected chi connectivity index (χ2v) is 2.26. The SMILES string of the molecule is Cc1ncn2c(N)ncnc12. The minimum absolute atomic E-state index is 0.413. The van der Waals surface area contributed by atoms with E-state index in [1.165, 1.54) is 6.33 Å². The maximum atomic E-state index is 5.54. The summed E-state index contributed by atoms with van der Waals surface area (Å²) in [4.78, 5) is 11.9. The molecule has 0 spiro atoms. The number of aryl methyl sites for hydroxylation is 1. The van der Waals surface area contributed by atoms with E-state index in [0.717, 1.165) is 11.3 Å². The lowest BCUT2D eigenvalue weighted by molar-refractivity contribution is 1.03. The highest BCUT2D eigenvalue weighted by molar-refractivity contribution is 5.46. The van der Waals surface area contributed by atoms with Gasteiger partial charge in [0.1, 0.15) is 12.7 Å². The van der Waals surface area contributed by atoms with Gasteiger partial charge in [-0.2, -0.15) is 0 Å². The number of nitrogen functional groups attached to an aromatic ring is 1. The van der Waals surface area contributed by atoms with Crippen LogP contribution in [-0.2, 0) is 0 Å². The molecule has 56 valence electrons. The van der Waals surface area contributed by atoms with Gasteiger partial charge in [-0.3, -0.25) is 4.40 Å². The van der Waals surface area contributed by atoms with Crippen molar-refractivity contribution in [3.05, 3.63) is 18.3 Å². The van der Waals surface area contributed by atoms with Crippen molar-refractivity contribution in [2.45, 2.75) is 6.92 Å². The minimum Gasteiger partial charge on any atom is -0.369 e. The van der Waals surface area contributed by atoms with Crippen LogP contribution in [0.15, 0.2) is 12.7 Å². The number of rotatable bonds is 0. The highest BCUT2D eigenvalue weighted by Gasteiger charge is 2.01. The van der Waals surface area contributed by atoms with Crippen LogP contribution in [0.3, 0.4) is 0 Å². The third-order valence-corrected chi connectivity index (χ3v) is 1.54. The van der Waals surface area contributed by atoms with Gasteiger partial charge in [-0.05, 0) is 6.92 Å². The van der Waals surface area contributed by atoms with Gasteiger partial charge in [-0.25, -0.2) is 15.0 Å². The summed E-state index contributed by atoms with van der Waals surface area (Å²) in [6, 6.07) is 0. The second kappa shape index (κ2) is 1.91. The van der Waals surface area contributed by atoms with Gasteiger partial charge in [0.25, 0.3) is 0 Å². The van der Waals surface area contributed by atoms with Gasteiger partial charge in [0, 0.05) is 0 Å². The molecule has 0 fully saturated rings. The average molecular weight is 149 g/mol. The summed E-state index contributed by atoms with van der Waals surface area (Å²) < 4.78 is 1.65. The van der Waals surface area contributed by atoms with Crippen LogP contribution in [0.1, 0.15) is 5.69 Å². The molecular formula is C6H7N5. The fraction of sp³-hybridized carbons (Fsp3) is 0.167. The Hall–Kier alpha value is -1.65. The van der Waals surface area contributed by atoms with Crippen molar-refractivity contribution in [1.29, 1.82) is 0 Å². The molecular weight excluding hydrogens is 142 g/mol. The van der Waals surface area contributed by atoms with Crippen LogP contribution in [0.5, 0.6) is 0 Å². The monoisotopic (exact) mass is 149 g/mol. The first-order valence-electron chi connectivity index (χ1n) is 3.19. The van der Waals surface area contributed by atoms with Gasteiger partial charge in [0.15, 0.2) is 5.65 Å². The van der Waals surface area contributed by atoms with E-state index in [2.05, 4.69) is 15.0 Å². The predicted molar refractivity (Wildman–Crippen MR) is 39.9 cm³/mol. The van der Waals surface area contributed by atoms with Crippen molar-refractivity contribution in [1.82, 2.24) is 19.4 Å². The maximum absolute atomic E-state index is 5.54. The third kappa shape index (κ3) is 0.739. The smallest absolute Gasteiger partial charge is 0.208 e. The molecule has 2 aromatic heterocycles. The zero-order valence-corrected chi connectivity index (χ0v) is 6.02. The molecule has 0 unspecified atom stereocenters. The Kier molecular flexibility index (Phi) is 1.06. The molecule has 0 aliphatic carbocycles. The van der Waals surface area contributed by atoms with Gasteiger partial charge in [0.05, 0.1) is 5.69 Å². The van der Waals surface area contributed by atoms with Gasteiger partial charge in [-0.1, -0.05) is 0 Å². The number of aromatic nitrogens is 4. The van der Waals surface area contributed by atoms with E-state index in [0.29, 0.717) is 5.95 Å². The number of fused-ring (bicyclic) bond motifs is 1. The van der Waals surface area contributed by atoms with Crippen LogP contribution >= 0.6 is 0 Å². The summed E-state index contributed by atoms with van der Waals surface area (Å²) in [5.74, 6) is 0.413. The first kappa shape index (κ1) is 6.09. The van der Waals surface area contributed by atoms with E-state index in [-0.39, 0.29) is 0 Å². The summed E-state index contributed by atoms with van der Waals surface area (Å²) in [6.45, 7) is 1.88. The van der Waals surface area contributed by atoms with Gasteiger partial charge in [-0.15, -0.1) is 0 Å². The molecule has 0 atom stereocenters. The zero-order chi connectivity index (χ0) is 7.84. The van der Waals surface area contributed by atoms with Crippen LogP contribution in [0.4, 0.5) is 5.95 Å². The number of hydrogen-bond acceptors (Lipinski definition) is 4. The van der Waals surface area contributed by atoms with Crippen LogP contribution in [0.2, 0.25) is 0 Å². The van der Waals surface area contributed by atoms with Crippen molar-refractivity contribution >= 4 is 11.6 Å². The lowest BCUT2D eigenvalue weighted by Crippen LogP contribution is -1.99. The molecule has 0 aromatic carbocycles. The number of nitrogens with two attached hydrogens (primary N) is 1. The maximum Gasteiger partial charge on any atom is 0.208 e. The van der Waals surface area contributed by atoms with E-state index < -0.39 is 0 Å². The van der Waals surface area contributed by atoms with Crippen LogP contribution in [0, 0.1) is 6.92 Å². The van der Waals surface area contributed by atoms with Gasteiger partial charge in [0.2, 0.25) is 5.95 Å². The molecule has 2 rings (SSSR count). The normalized spacial score (nSPS) is 10.6. The van der Waals surface area contributed by atoms with E-state index in [9.17, 15) is 0 Å². The summed E-state index contributed by atoms with van der Waals surface area (Å²) in [5.41, 5.74) is 7.16. The fourth-order valence-corrected chi connectivity index (χ4v) is 0.959. The van der Waals surface area contributed by atoms with Crippen molar-refractivity contribution in [3.63, 3.8) is 0 Å². The van der Waals surface area contributed by atoms with E-state index in [1.54, 1.807) is 10.7 Å². The minimum atomic E-state index is 0.413. The summed E-state index contributed by atoms with van der Waals surface area (Å²) in [6.07, 6.45) is 3.04. The number of hydrogen-bond donors (Lipinski definition) is 1. The van der Waals surface area contributed by atoms with E-state index >= 15 is 0 Å². The van der Waals surface area contributed by atoms with Crippen LogP contribution in [0.25, 0.3) is 5.65 Å². The molecule has 2 N–H and O–H groups in total. The second-order valence-electron chi connectivity index (χ2n) is 2.26. The average Bonchev–Trinajstić information content (AvgIpc) is 2.35. The number of imidazole rings is 1. The topological polar surface area (TPSA) is 69.1 Å². The van der Waals surface area contributed by atoms with E-state index in [1.807, 2.05) is 6.92 Å². The molecule has 0 aliphatic rings. The Labute approximate surface area is 62.9 Å². The van der Waals surface area contributed by atoms with E-state index in [4.69, 9.17) is 5.73 Å². The first-order valence-corrected chi connectivity index (χ1v) is 3.19. The number of nitrogens with zero attached hydrogens (tertiary/aromatic N) is 4. The standard InChI is InChI=1S/C6H7N5/c1-4-5-8-2-9-6(7)11(5)3-10-4/h2-3H,1H3,(H2,7,8,9). The zero-order valence-electron chi connectivity index (χ0n) is 6.02. The van der Waals surface area contributed by atoms with Crippen molar-refractivity contribution in [2.24, 2.45) is 0 Å². The Morgan fingerprint density at radius 3 is 2.91 bits per heavy atom. The Morgan fingerprint density at radius 1 is 1.36 bits per heavy atom. The van der Waals surface area contributed by atoms with Gasteiger partial charge >= 0.3 is 0 Å². The summed E-state index contributed by atoms with van der Waals surface area (Å²) >= 11 is 0. The van der Waals surface area contributed by atoms with Crippen molar-refractivity contribution < 1.29 is 0 Å². The quantitative estimate of drug-likeness (QED) is 0.573. The molecule has 0 bridgehead atoms. The molecule has 2 aromatic rings. The molecule has 11 heavy (non-hydrogen) atoms. The largest absolute Gasteiger partial charge is 0.369 e. The van der Waals surface area contributed by atoms with Crippen molar-refractivity contribution in [3.8, 4) is 0 Å². The first-order chi connectivity index (χ1) is 5.29. The predicted octanol–water partition coefficient (Wildman–Crippen LogP) is 0.0149. The highest BCUT2D eigenvalue weighted by atomic mass is 15.2. The molecule has 0 amide bonds. The lowest BCUT2D eigenvalue weighted by Gasteiger charge is -1.94. The lowest BCUT2D eigenvalue weighted by atomic mass is 10.5. The number of anilines is 1. The molecule has 0 saturated heterocycles.